The number of rotatable bonds is 4. The van der Waals surface area contributed by atoms with Crippen molar-refractivity contribution in [1.82, 2.24) is 24.1 Å². The molecule has 0 atom stereocenters. The second-order valence-electron chi connectivity index (χ2n) is 9.75. The number of nitrogens with zero attached hydrogens (tertiary/aromatic N) is 7. The molecule has 0 N–H and O–H groups in total. The van der Waals surface area contributed by atoms with Gasteiger partial charge in [-0.05, 0) is 62.9 Å². The van der Waals surface area contributed by atoms with Crippen molar-refractivity contribution < 1.29 is 13.2 Å². The van der Waals surface area contributed by atoms with Gasteiger partial charge in [-0.25, -0.2) is 23.1 Å². The quantitative estimate of drug-likeness (QED) is 0.531. The molecule has 2 aromatic heterocycles. The Morgan fingerprint density at radius 2 is 1.50 bits per heavy atom. The SMILES string of the molecule is Cc1cc(C)n(-c2cc(N3CCN(S(=O)(=O)c4cc5c6c(c4)CCN6C(=O)CC5)CC3)nc(C)n2)n1. The van der Waals surface area contributed by atoms with E-state index in [1.165, 1.54) is 0 Å². The van der Waals surface area contributed by atoms with Crippen molar-refractivity contribution in [3.63, 3.8) is 0 Å². The van der Waals surface area contributed by atoms with E-state index in [0.29, 0.717) is 68.5 Å². The number of amides is 1. The van der Waals surface area contributed by atoms with Gasteiger partial charge in [0.25, 0.3) is 0 Å². The molecule has 3 aliphatic heterocycles. The highest BCUT2D eigenvalue weighted by atomic mass is 32.2. The summed E-state index contributed by atoms with van der Waals surface area (Å²) in [4.78, 5) is 25.7. The minimum atomic E-state index is -3.63. The van der Waals surface area contributed by atoms with Crippen LogP contribution in [0.25, 0.3) is 5.82 Å². The Kier molecular flexibility index (Phi) is 5.38. The van der Waals surface area contributed by atoms with Crippen molar-refractivity contribution >= 4 is 27.4 Å². The third-order valence-electron chi connectivity index (χ3n) is 7.26. The number of carbonyl (C=O) groups excluding carboxylic acids is 1. The first-order valence-corrected chi connectivity index (χ1v) is 13.8. The van der Waals surface area contributed by atoms with E-state index in [0.717, 1.165) is 34.0 Å². The standard InChI is InChI=1S/C25H29N7O3S/c1-16-12-17(2)32(28-16)23-15-22(26-18(3)27-23)29-8-10-30(11-9-29)36(34,35)21-13-19-4-5-24(33)31-7-6-20(14-21)25(19)31/h12-15H,4-11H2,1-3H3. The molecular formula is C25H29N7O3S. The van der Waals surface area contributed by atoms with Crippen LogP contribution >= 0.6 is 0 Å². The van der Waals surface area contributed by atoms with Gasteiger partial charge in [0.1, 0.15) is 11.6 Å². The van der Waals surface area contributed by atoms with Crippen LogP contribution in [0.3, 0.4) is 0 Å². The number of carbonyl (C=O) groups is 1. The number of aromatic nitrogens is 4. The Balaban J connectivity index is 1.22. The van der Waals surface area contributed by atoms with Crippen LogP contribution in [0.5, 0.6) is 0 Å². The summed E-state index contributed by atoms with van der Waals surface area (Å²) in [6, 6.07) is 7.46. The molecule has 1 saturated heterocycles. The Labute approximate surface area is 210 Å². The van der Waals surface area contributed by atoms with Crippen LogP contribution in [-0.4, -0.2) is 71.1 Å². The molecule has 0 aliphatic carbocycles. The van der Waals surface area contributed by atoms with Gasteiger partial charge in [-0.15, -0.1) is 0 Å². The zero-order valence-corrected chi connectivity index (χ0v) is 21.5. The molecule has 36 heavy (non-hydrogen) atoms. The third-order valence-corrected chi connectivity index (χ3v) is 9.14. The second kappa shape index (κ2) is 8.38. The summed E-state index contributed by atoms with van der Waals surface area (Å²) in [7, 11) is -3.63. The molecule has 11 heteroatoms. The van der Waals surface area contributed by atoms with Gasteiger partial charge < -0.3 is 9.80 Å². The summed E-state index contributed by atoms with van der Waals surface area (Å²) in [5.74, 6) is 2.25. The van der Waals surface area contributed by atoms with Crippen molar-refractivity contribution in [2.75, 3.05) is 42.5 Å². The molecule has 10 nitrogen and oxygen atoms in total. The fourth-order valence-corrected chi connectivity index (χ4v) is 7.07. The van der Waals surface area contributed by atoms with Crippen molar-refractivity contribution in [1.29, 1.82) is 0 Å². The van der Waals surface area contributed by atoms with E-state index in [2.05, 4.69) is 20.0 Å². The monoisotopic (exact) mass is 507 g/mol. The molecule has 188 valence electrons. The largest absolute Gasteiger partial charge is 0.354 e. The lowest BCUT2D eigenvalue weighted by molar-refractivity contribution is -0.118. The number of sulfonamides is 1. The average molecular weight is 508 g/mol. The minimum Gasteiger partial charge on any atom is -0.354 e. The predicted octanol–water partition coefficient (Wildman–Crippen LogP) is 1.93. The van der Waals surface area contributed by atoms with Gasteiger partial charge in [0.15, 0.2) is 5.82 Å². The van der Waals surface area contributed by atoms with Crippen molar-refractivity contribution in [3.05, 3.63) is 52.6 Å². The summed E-state index contributed by atoms with van der Waals surface area (Å²) >= 11 is 0. The van der Waals surface area contributed by atoms with E-state index in [1.807, 2.05) is 42.5 Å². The Morgan fingerprint density at radius 3 is 2.19 bits per heavy atom. The summed E-state index contributed by atoms with van der Waals surface area (Å²) in [6.07, 6.45) is 1.74. The summed E-state index contributed by atoms with van der Waals surface area (Å²) < 4.78 is 30.5. The molecule has 5 heterocycles. The van der Waals surface area contributed by atoms with E-state index >= 15 is 0 Å². The highest BCUT2D eigenvalue weighted by molar-refractivity contribution is 7.89. The van der Waals surface area contributed by atoms with Gasteiger partial charge in [0.2, 0.25) is 15.9 Å². The van der Waals surface area contributed by atoms with Crippen molar-refractivity contribution in [2.24, 2.45) is 0 Å². The zero-order chi connectivity index (χ0) is 25.2. The molecular weight excluding hydrogens is 478 g/mol. The number of hydrogen-bond donors (Lipinski definition) is 0. The van der Waals surface area contributed by atoms with Crippen molar-refractivity contribution in [2.45, 2.75) is 44.9 Å². The molecule has 3 aromatic rings. The highest BCUT2D eigenvalue weighted by Crippen LogP contribution is 2.39. The van der Waals surface area contributed by atoms with E-state index in [1.54, 1.807) is 16.4 Å². The van der Waals surface area contributed by atoms with Gasteiger partial charge in [0, 0.05) is 50.9 Å². The topological polar surface area (TPSA) is 105 Å². The number of anilines is 2. The molecule has 3 aliphatic rings. The van der Waals surface area contributed by atoms with E-state index in [4.69, 9.17) is 0 Å². The smallest absolute Gasteiger partial charge is 0.243 e. The van der Waals surface area contributed by atoms with Crippen LogP contribution in [0.2, 0.25) is 0 Å². The Bertz CT molecular complexity index is 1490. The highest BCUT2D eigenvalue weighted by Gasteiger charge is 2.35. The first-order chi connectivity index (χ1) is 17.2. The molecule has 0 bridgehead atoms. The van der Waals surface area contributed by atoms with Gasteiger partial charge >= 0.3 is 0 Å². The predicted molar refractivity (Wildman–Crippen MR) is 135 cm³/mol. The fraction of sp³-hybridized carbons (Fsp3) is 0.440. The number of benzene rings is 1. The molecule has 0 radical (unpaired) electrons. The van der Waals surface area contributed by atoms with Crippen LogP contribution in [-0.2, 0) is 27.7 Å². The van der Waals surface area contributed by atoms with E-state index in [-0.39, 0.29) is 5.91 Å². The molecule has 0 saturated carbocycles. The molecule has 0 spiro atoms. The molecule has 0 unspecified atom stereocenters. The van der Waals surface area contributed by atoms with Gasteiger partial charge in [0.05, 0.1) is 16.3 Å². The maximum absolute atomic E-state index is 13.6. The van der Waals surface area contributed by atoms with Gasteiger partial charge in [-0.2, -0.15) is 9.40 Å². The summed E-state index contributed by atoms with van der Waals surface area (Å²) in [5.41, 5.74) is 4.78. The van der Waals surface area contributed by atoms with Gasteiger partial charge in [-0.1, -0.05) is 0 Å². The van der Waals surface area contributed by atoms with Crippen LogP contribution in [0.15, 0.2) is 29.2 Å². The number of aryl methyl sites for hydroxylation is 4. The normalized spacial score (nSPS) is 18.1. The first-order valence-electron chi connectivity index (χ1n) is 12.3. The average Bonchev–Trinajstić information content (AvgIpc) is 3.44. The maximum atomic E-state index is 13.6. The molecule has 6 rings (SSSR count). The lowest BCUT2D eigenvalue weighted by Gasteiger charge is -2.35. The van der Waals surface area contributed by atoms with Crippen LogP contribution < -0.4 is 9.80 Å². The lowest BCUT2D eigenvalue weighted by Crippen LogP contribution is -2.49. The summed E-state index contributed by atoms with van der Waals surface area (Å²) in [5, 5.41) is 4.54. The first kappa shape index (κ1) is 23.1. The van der Waals surface area contributed by atoms with E-state index < -0.39 is 10.0 Å². The van der Waals surface area contributed by atoms with Gasteiger partial charge in [-0.3, -0.25) is 4.79 Å². The second-order valence-corrected chi connectivity index (χ2v) is 11.7. The van der Waals surface area contributed by atoms with Crippen LogP contribution in [0.4, 0.5) is 11.5 Å². The van der Waals surface area contributed by atoms with Crippen LogP contribution in [0.1, 0.15) is 34.8 Å². The molecule has 1 amide bonds. The number of piperazine rings is 1. The fourth-order valence-electron chi connectivity index (χ4n) is 5.55. The molecule has 1 fully saturated rings. The lowest BCUT2D eigenvalue weighted by atomic mass is 10.00. The Morgan fingerprint density at radius 1 is 0.806 bits per heavy atom. The minimum absolute atomic E-state index is 0.133. The van der Waals surface area contributed by atoms with E-state index in [9.17, 15) is 13.2 Å². The number of hydrogen-bond acceptors (Lipinski definition) is 7. The maximum Gasteiger partial charge on any atom is 0.243 e. The zero-order valence-electron chi connectivity index (χ0n) is 20.7. The summed E-state index contributed by atoms with van der Waals surface area (Å²) in [6.45, 7) is 8.25. The van der Waals surface area contributed by atoms with Crippen LogP contribution in [0, 0.1) is 20.8 Å². The third kappa shape index (κ3) is 3.77. The molecule has 1 aromatic carbocycles. The Hall–Kier alpha value is -3.31. The van der Waals surface area contributed by atoms with Crippen molar-refractivity contribution in [3.8, 4) is 5.82 Å².